The van der Waals surface area contributed by atoms with Gasteiger partial charge in [-0.05, 0) is 81.6 Å². The van der Waals surface area contributed by atoms with Crippen molar-refractivity contribution in [3.63, 3.8) is 0 Å². The van der Waals surface area contributed by atoms with Gasteiger partial charge in [0, 0.05) is 18.7 Å². The van der Waals surface area contributed by atoms with Gasteiger partial charge in [0.2, 0.25) is 5.91 Å². The first-order valence-corrected chi connectivity index (χ1v) is 12.8. The van der Waals surface area contributed by atoms with E-state index in [1.807, 2.05) is 36.4 Å². The molecular formula is C30H34FN3O. The predicted molar refractivity (Wildman–Crippen MR) is 136 cm³/mol. The summed E-state index contributed by atoms with van der Waals surface area (Å²) < 4.78 is 14.2. The monoisotopic (exact) mass is 471 g/mol. The van der Waals surface area contributed by atoms with Crippen molar-refractivity contribution in [1.82, 2.24) is 14.8 Å². The Hall–Kier alpha value is -3.05. The van der Waals surface area contributed by atoms with Crippen LogP contribution < -0.4 is 0 Å². The van der Waals surface area contributed by atoms with Crippen molar-refractivity contribution in [1.29, 1.82) is 0 Å². The van der Waals surface area contributed by atoms with Gasteiger partial charge >= 0.3 is 0 Å². The number of pyridine rings is 1. The molecule has 182 valence electrons. The predicted octanol–water partition coefficient (Wildman–Crippen LogP) is 5.43. The zero-order valence-corrected chi connectivity index (χ0v) is 20.5. The van der Waals surface area contributed by atoms with Crippen molar-refractivity contribution in [2.75, 3.05) is 26.7 Å². The van der Waals surface area contributed by atoms with Crippen LogP contribution in [0.15, 0.2) is 72.8 Å². The summed E-state index contributed by atoms with van der Waals surface area (Å²) in [5.41, 5.74) is 3.26. The van der Waals surface area contributed by atoms with Gasteiger partial charge in [0.25, 0.3) is 0 Å². The van der Waals surface area contributed by atoms with Gasteiger partial charge in [0.05, 0.1) is 17.2 Å². The molecule has 0 radical (unpaired) electrons. The summed E-state index contributed by atoms with van der Waals surface area (Å²) >= 11 is 0. The number of benzene rings is 2. The highest BCUT2D eigenvalue weighted by Gasteiger charge is 2.46. The van der Waals surface area contributed by atoms with Crippen LogP contribution >= 0.6 is 0 Å². The molecule has 1 unspecified atom stereocenters. The minimum atomic E-state index is -0.374. The van der Waals surface area contributed by atoms with Gasteiger partial charge in [-0.2, -0.15) is 0 Å². The highest BCUT2D eigenvalue weighted by molar-refractivity contribution is 5.84. The summed E-state index contributed by atoms with van der Waals surface area (Å²) in [6.07, 6.45) is 4.89. The van der Waals surface area contributed by atoms with Crippen LogP contribution in [0, 0.1) is 11.2 Å². The molecule has 2 saturated heterocycles. The number of likely N-dealkylation sites (tertiary alicyclic amines) is 2. The third-order valence-electron chi connectivity index (χ3n) is 7.80. The number of amides is 1. The summed E-state index contributed by atoms with van der Waals surface area (Å²) in [5.74, 6) is 0.0701. The van der Waals surface area contributed by atoms with E-state index >= 15 is 0 Å². The molecular weight excluding hydrogens is 437 g/mol. The van der Waals surface area contributed by atoms with Crippen LogP contribution in [0.5, 0.6) is 0 Å². The minimum Gasteiger partial charge on any atom is -0.334 e. The zero-order chi connectivity index (χ0) is 24.3. The lowest BCUT2D eigenvalue weighted by Gasteiger charge is -2.43. The Morgan fingerprint density at radius 1 is 0.971 bits per heavy atom. The molecule has 5 heteroatoms. The van der Waals surface area contributed by atoms with Gasteiger partial charge in [-0.15, -0.1) is 0 Å². The molecule has 0 saturated carbocycles. The second-order valence-electron chi connectivity index (χ2n) is 10.2. The molecule has 3 heterocycles. The Morgan fingerprint density at radius 2 is 1.71 bits per heavy atom. The minimum absolute atomic E-state index is 0.0182. The maximum Gasteiger partial charge on any atom is 0.229 e. The molecule has 1 aromatic heterocycles. The van der Waals surface area contributed by atoms with Gasteiger partial charge in [-0.1, -0.05) is 54.6 Å². The van der Waals surface area contributed by atoms with Crippen LogP contribution in [0.2, 0.25) is 0 Å². The number of rotatable bonds is 6. The second-order valence-corrected chi connectivity index (χ2v) is 10.2. The van der Waals surface area contributed by atoms with E-state index in [2.05, 4.69) is 41.1 Å². The fraction of sp³-hybridized carbons (Fsp3) is 0.400. The third-order valence-corrected chi connectivity index (χ3v) is 7.80. The molecule has 2 aromatic carbocycles. The molecule has 35 heavy (non-hydrogen) atoms. The molecule has 0 bridgehead atoms. The van der Waals surface area contributed by atoms with E-state index in [0.717, 1.165) is 63.1 Å². The standard InChI is InChI=1S/C30H34FN3O/c1-33-19-16-30(17-20-33,22-23-9-3-2-4-10-23)29(35)34-18-8-15-28(34)27-14-7-12-25(32-27)21-24-11-5-6-13-26(24)31/h2-7,9-14,28H,8,15-22H2,1H3. The molecule has 2 aliphatic rings. The fourth-order valence-corrected chi connectivity index (χ4v) is 5.74. The van der Waals surface area contributed by atoms with E-state index in [1.165, 1.54) is 11.6 Å². The molecule has 5 rings (SSSR count). The molecule has 1 atom stereocenters. The van der Waals surface area contributed by atoms with E-state index in [0.29, 0.717) is 12.0 Å². The van der Waals surface area contributed by atoms with E-state index < -0.39 is 0 Å². The molecule has 4 nitrogen and oxygen atoms in total. The number of hydrogen-bond acceptors (Lipinski definition) is 3. The first-order chi connectivity index (χ1) is 17.0. The summed E-state index contributed by atoms with van der Waals surface area (Å²) in [5, 5.41) is 0. The van der Waals surface area contributed by atoms with Crippen LogP contribution in [-0.4, -0.2) is 47.4 Å². The van der Waals surface area contributed by atoms with Gasteiger partial charge in [0.15, 0.2) is 0 Å². The SMILES string of the molecule is CN1CCC(Cc2ccccc2)(C(=O)N2CCCC2c2cccc(Cc3ccccc3F)n2)CC1. The van der Waals surface area contributed by atoms with Crippen molar-refractivity contribution >= 4 is 5.91 Å². The summed E-state index contributed by atoms with van der Waals surface area (Å²) in [6.45, 7) is 2.65. The lowest BCUT2D eigenvalue weighted by Crippen LogP contribution is -2.50. The number of carbonyl (C=O) groups excluding carboxylic acids is 1. The van der Waals surface area contributed by atoms with Gasteiger partial charge in [-0.3, -0.25) is 9.78 Å². The van der Waals surface area contributed by atoms with Crippen LogP contribution in [0.25, 0.3) is 0 Å². The lowest BCUT2D eigenvalue weighted by atomic mass is 9.72. The Labute approximate surface area is 207 Å². The number of aromatic nitrogens is 1. The molecule has 1 amide bonds. The van der Waals surface area contributed by atoms with Crippen LogP contribution in [0.4, 0.5) is 4.39 Å². The fourth-order valence-electron chi connectivity index (χ4n) is 5.74. The van der Waals surface area contributed by atoms with E-state index in [4.69, 9.17) is 4.98 Å². The molecule has 2 aliphatic heterocycles. The van der Waals surface area contributed by atoms with Gasteiger partial charge < -0.3 is 9.80 Å². The van der Waals surface area contributed by atoms with E-state index in [-0.39, 0.29) is 23.2 Å². The normalized spacial score (nSPS) is 20.2. The van der Waals surface area contributed by atoms with Crippen molar-refractivity contribution < 1.29 is 9.18 Å². The summed E-state index contributed by atoms with van der Waals surface area (Å²) in [4.78, 5) is 23.6. The smallest absolute Gasteiger partial charge is 0.229 e. The van der Waals surface area contributed by atoms with Gasteiger partial charge in [0.1, 0.15) is 5.82 Å². The van der Waals surface area contributed by atoms with Crippen molar-refractivity contribution in [2.24, 2.45) is 5.41 Å². The van der Waals surface area contributed by atoms with E-state index in [1.54, 1.807) is 6.07 Å². The lowest BCUT2D eigenvalue weighted by molar-refractivity contribution is -0.146. The van der Waals surface area contributed by atoms with Crippen molar-refractivity contribution in [3.05, 3.63) is 101 Å². The van der Waals surface area contributed by atoms with Crippen LogP contribution in [0.1, 0.15) is 54.2 Å². The number of piperidine rings is 1. The third kappa shape index (κ3) is 5.15. The Morgan fingerprint density at radius 3 is 2.49 bits per heavy atom. The first kappa shape index (κ1) is 23.7. The second kappa shape index (κ2) is 10.3. The number of hydrogen-bond donors (Lipinski definition) is 0. The summed E-state index contributed by atoms with van der Waals surface area (Å²) in [7, 11) is 2.14. The first-order valence-electron chi connectivity index (χ1n) is 12.8. The Bertz CT molecular complexity index is 1160. The Kier molecular flexibility index (Phi) is 6.96. The molecule has 0 aliphatic carbocycles. The molecule has 0 spiro atoms. The largest absolute Gasteiger partial charge is 0.334 e. The highest BCUT2D eigenvalue weighted by Crippen LogP contribution is 2.41. The van der Waals surface area contributed by atoms with Crippen LogP contribution in [-0.2, 0) is 17.6 Å². The number of halogens is 1. The topological polar surface area (TPSA) is 36.4 Å². The maximum absolute atomic E-state index is 14.3. The zero-order valence-electron chi connectivity index (χ0n) is 20.5. The van der Waals surface area contributed by atoms with Crippen molar-refractivity contribution in [3.8, 4) is 0 Å². The van der Waals surface area contributed by atoms with Crippen LogP contribution in [0.3, 0.4) is 0 Å². The molecule has 3 aromatic rings. The summed E-state index contributed by atoms with van der Waals surface area (Å²) in [6, 6.07) is 23.3. The Balaban J connectivity index is 1.40. The number of carbonyl (C=O) groups is 1. The van der Waals surface area contributed by atoms with Crippen molar-refractivity contribution in [2.45, 2.75) is 44.6 Å². The number of nitrogens with zero attached hydrogens (tertiary/aromatic N) is 3. The average molecular weight is 472 g/mol. The molecule has 0 N–H and O–H groups in total. The van der Waals surface area contributed by atoms with Gasteiger partial charge in [-0.25, -0.2) is 4.39 Å². The maximum atomic E-state index is 14.3. The quantitative estimate of drug-likeness (QED) is 0.481. The molecule has 2 fully saturated rings. The average Bonchev–Trinajstić information content (AvgIpc) is 3.37. The van der Waals surface area contributed by atoms with E-state index in [9.17, 15) is 9.18 Å². The highest BCUT2D eigenvalue weighted by atomic mass is 19.1.